The summed E-state index contributed by atoms with van der Waals surface area (Å²) in [5, 5.41) is 8.18. The Hall–Kier alpha value is -7.84. The van der Waals surface area contributed by atoms with Crippen LogP contribution in [0.4, 0.5) is 17.1 Å². The number of benzene rings is 4. The van der Waals surface area contributed by atoms with Crippen LogP contribution in [0.5, 0.6) is 0 Å². The number of piperazine rings is 6. The number of nitrogens with two attached hydrogens (primary N) is 2. The van der Waals surface area contributed by atoms with E-state index in [0.29, 0.717) is 36.6 Å². The number of Topliss-reactive ketones (excluding diaryl/α,β-unsaturated/α-hetero) is 1. The smallest absolute Gasteiger partial charge is 0.272 e. The number of allylic oxidation sites excluding steroid dienone is 6. The molecule has 8 aliphatic rings. The predicted octanol–water partition coefficient (Wildman–Crippen LogP) is 4.45. The topological polar surface area (TPSA) is 329 Å². The van der Waals surface area contributed by atoms with Crippen LogP contribution in [0, 0.1) is 0 Å². The first kappa shape index (κ1) is 82.6. The number of ketones is 1. The zero-order chi connectivity index (χ0) is 78.1. The molecule has 0 aromatic heterocycles. The standard InChI is InChI=1S/C79H109N13O13S3/c1-8-9-36-87-69-30-28-65(107(102,103)85(6)34-13-18-75(96)82-56-64(93)53-62-22-20-60(21-23-62)32-38-89-40-46-91(47-41-89,48-42-89)58-73(80)94)54-67(69)78(2,3)71(87)16-11-10-12-17-72-79(4,5)68-55-66(29-31-70(68)88(72)37-15-52-106(99,100)101)108(104,105)86(7)35-14-19-76(97)83-57-77(98)84-63-26-24-61(25-27-63)33-39-90-43-49-92(50-44-90,51-45-90)59-74(81)95/h10-12,16-17,20-31,54-55H,8-9,13-15,18-19,32-53,56-59H2,1-7H3,(H3-5,80,81,82,83,84,94,95,96,97,98,99,100,101)/p+4. The third-order valence-corrected chi connectivity index (χ3v) is 28.2. The molecule has 0 unspecified atom stereocenters. The zero-order valence-corrected chi connectivity index (χ0v) is 66.5. The highest BCUT2D eigenvalue weighted by Gasteiger charge is 2.51. The lowest BCUT2D eigenvalue weighted by molar-refractivity contribution is -1.08. The Bertz CT molecular complexity index is 4470. The average Bonchev–Trinajstić information content (AvgIpc) is 1.59. The van der Waals surface area contributed by atoms with Crippen LogP contribution in [-0.2, 0) is 89.0 Å². The van der Waals surface area contributed by atoms with Gasteiger partial charge < -0.3 is 54.8 Å². The molecule has 26 nitrogen and oxygen atoms in total. The third kappa shape index (κ3) is 20.0. The molecule has 6 fully saturated rings. The van der Waals surface area contributed by atoms with Gasteiger partial charge in [-0.15, -0.1) is 0 Å². The SMILES string of the molecule is CCCCN1C(=CC=CC=CC2=[N+](CCCS(=O)(=O)[O-])c3ccc(S(=O)(=O)N(C)CCCC(=O)NCC(=O)Nc4ccc(CC[N+]56CC[N+](CC(N)=O)(CC5)CC6)cc4)cc3C2(C)C)C(C)(C)c2cc(S(=O)(=O)N(C)CCCC(=O)NCC(=O)Cc3ccc(CC[N+]45CC[N+](CC(N)=O)(CC4)CC5)cc3)ccc21. The third-order valence-electron chi connectivity index (χ3n) is 23.8. The summed E-state index contributed by atoms with van der Waals surface area (Å²) in [6, 6.07) is 25.8. The van der Waals surface area contributed by atoms with Crippen molar-refractivity contribution in [2.24, 2.45) is 11.5 Å². The molecule has 0 atom stereocenters. The quantitative estimate of drug-likeness (QED) is 0.0178. The number of primary amides is 2. The largest absolute Gasteiger partial charge is 0.748 e. The van der Waals surface area contributed by atoms with E-state index < -0.39 is 58.6 Å². The van der Waals surface area contributed by atoms with Crippen LogP contribution in [0.2, 0.25) is 0 Å². The molecule has 8 aliphatic heterocycles. The lowest BCUT2D eigenvalue weighted by Crippen LogP contribution is -2.76. The van der Waals surface area contributed by atoms with Crippen molar-refractivity contribution >= 4 is 88.3 Å². The molecule has 5 amide bonds. The van der Waals surface area contributed by atoms with Crippen LogP contribution >= 0.6 is 0 Å². The number of amides is 5. The number of fused-ring (bicyclic) bond motifs is 8. The van der Waals surface area contributed by atoms with Crippen molar-refractivity contribution in [2.45, 2.75) is 119 Å². The average molecular weight is 1550 g/mol. The molecule has 586 valence electrons. The van der Waals surface area contributed by atoms with Crippen molar-refractivity contribution < 1.29 is 81.1 Å². The minimum absolute atomic E-state index is 0.00510. The number of hydrogen-bond acceptors (Lipinski definition) is 14. The fraction of sp³-hybridized carbons (Fsp3) is 0.532. The number of carbonyl (C=O) groups excluding carboxylic acids is 6. The van der Waals surface area contributed by atoms with Gasteiger partial charge in [-0.3, -0.25) is 28.8 Å². The monoisotopic (exact) mass is 1550 g/mol. The highest BCUT2D eigenvalue weighted by atomic mass is 32.2. The minimum Gasteiger partial charge on any atom is -0.748 e. The number of unbranched alkanes of at least 4 members (excludes halogenated alkanes) is 1. The highest BCUT2D eigenvalue weighted by Crippen LogP contribution is 2.49. The summed E-state index contributed by atoms with van der Waals surface area (Å²) in [4.78, 5) is 77.5. The molecule has 8 heterocycles. The summed E-state index contributed by atoms with van der Waals surface area (Å²) in [5.74, 6) is -2.36. The van der Waals surface area contributed by atoms with Gasteiger partial charge in [-0.2, -0.15) is 4.58 Å². The Kier molecular flexibility index (Phi) is 26.2. The number of hydrogen-bond donors (Lipinski definition) is 5. The van der Waals surface area contributed by atoms with E-state index in [9.17, 15) is 58.6 Å². The molecule has 4 aromatic carbocycles. The molecule has 0 radical (unpaired) electrons. The molecule has 0 saturated carbocycles. The second kappa shape index (κ2) is 34.2. The number of quaternary nitrogens is 4. The predicted molar refractivity (Wildman–Crippen MR) is 416 cm³/mol. The molecule has 12 rings (SSSR count). The van der Waals surface area contributed by atoms with Gasteiger partial charge in [0.15, 0.2) is 24.6 Å². The molecular weight excluding hydrogens is 1440 g/mol. The van der Waals surface area contributed by atoms with Gasteiger partial charge in [0.05, 0.1) is 51.5 Å². The van der Waals surface area contributed by atoms with Crippen LogP contribution in [-0.4, -0.2) is 266 Å². The van der Waals surface area contributed by atoms with Crippen molar-refractivity contribution in [3.63, 3.8) is 0 Å². The van der Waals surface area contributed by atoms with Crippen molar-refractivity contribution in [2.75, 3.05) is 174 Å². The molecule has 0 spiro atoms. The fourth-order valence-corrected chi connectivity index (χ4v) is 19.7. The molecule has 7 N–H and O–H groups in total. The maximum Gasteiger partial charge on any atom is 0.272 e. The van der Waals surface area contributed by atoms with Gasteiger partial charge in [0.25, 0.3) is 11.8 Å². The molecule has 108 heavy (non-hydrogen) atoms. The normalized spacial score (nSPS) is 22.5. The molecular formula is C79H113N13O13S3+4. The lowest BCUT2D eigenvalue weighted by atomic mass is 9.81. The maximum atomic E-state index is 14.2. The second-order valence-electron chi connectivity index (χ2n) is 32.0. The van der Waals surface area contributed by atoms with Gasteiger partial charge in [0, 0.05) is 118 Å². The number of anilines is 2. The van der Waals surface area contributed by atoms with E-state index in [1.165, 1.54) is 34.3 Å². The van der Waals surface area contributed by atoms with Crippen molar-refractivity contribution in [1.29, 1.82) is 0 Å². The summed E-state index contributed by atoms with van der Waals surface area (Å²) in [5.41, 5.74) is 18.2. The van der Waals surface area contributed by atoms with E-state index in [1.54, 1.807) is 24.3 Å². The van der Waals surface area contributed by atoms with Crippen molar-refractivity contribution in [1.82, 2.24) is 19.2 Å². The van der Waals surface area contributed by atoms with E-state index in [2.05, 4.69) is 53.8 Å². The number of carbonyl (C=O) groups is 6. The van der Waals surface area contributed by atoms with Crippen LogP contribution < -0.4 is 32.3 Å². The molecule has 29 heteroatoms. The van der Waals surface area contributed by atoms with E-state index in [4.69, 9.17) is 11.5 Å². The molecule has 0 aliphatic carbocycles. The van der Waals surface area contributed by atoms with Crippen LogP contribution in [0.3, 0.4) is 0 Å². The van der Waals surface area contributed by atoms with Gasteiger partial charge in [-0.25, -0.2) is 33.9 Å². The maximum absolute atomic E-state index is 14.2. The van der Waals surface area contributed by atoms with Crippen molar-refractivity contribution in [3.05, 3.63) is 149 Å². The van der Waals surface area contributed by atoms with Crippen LogP contribution in [0.25, 0.3) is 0 Å². The van der Waals surface area contributed by atoms with Gasteiger partial charge in [0.2, 0.25) is 43.5 Å². The molecule has 4 aromatic rings. The number of sulfonamides is 2. The first-order chi connectivity index (χ1) is 51.0. The van der Waals surface area contributed by atoms with Crippen LogP contribution in [0.15, 0.2) is 131 Å². The van der Waals surface area contributed by atoms with Gasteiger partial charge in [0.1, 0.15) is 85.1 Å². The van der Waals surface area contributed by atoms with Crippen LogP contribution in [0.1, 0.15) is 107 Å². The zero-order valence-electron chi connectivity index (χ0n) is 64.1. The van der Waals surface area contributed by atoms with Crippen molar-refractivity contribution in [3.8, 4) is 0 Å². The number of rotatable bonds is 39. The van der Waals surface area contributed by atoms with Gasteiger partial charge in [-0.1, -0.05) is 81.8 Å². The Balaban J connectivity index is 0.692. The molecule has 4 bridgehead atoms. The first-order valence-electron chi connectivity index (χ1n) is 38.1. The van der Waals surface area contributed by atoms with E-state index in [-0.39, 0.29) is 105 Å². The summed E-state index contributed by atoms with van der Waals surface area (Å²) in [6.45, 7) is 25.5. The Labute approximate surface area is 638 Å². The van der Waals surface area contributed by atoms with E-state index in [0.717, 1.165) is 169 Å². The minimum atomic E-state index is -4.55. The fourth-order valence-electron chi connectivity index (χ4n) is 16.8. The summed E-state index contributed by atoms with van der Waals surface area (Å²) < 4.78 is 101. The summed E-state index contributed by atoms with van der Waals surface area (Å²) >= 11 is 0. The van der Waals surface area contributed by atoms with Gasteiger partial charge in [-0.05, 0) is 104 Å². The van der Waals surface area contributed by atoms with E-state index in [1.807, 2.05) is 91.3 Å². The highest BCUT2D eigenvalue weighted by molar-refractivity contribution is 7.89. The Morgan fingerprint density at radius 1 is 0.574 bits per heavy atom. The number of nitrogens with one attached hydrogen (secondary N) is 3. The van der Waals surface area contributed by atoms with Gasteiger partial charge >= 0.3 is 0 Å². The second-order valence-corrected chi connectivity index (χ2v) is 37.6. The van der Waals surface area contributed by atoms with E-state index >= 15 is 0 Å². The summed E-state index contributed by atoms with van der Waals surface area (Å²) in [7, 11) is -9.70. The summed E-state index contributed by atoms with van der Waals surface area (Å²) in [6.07, 6.45) is 13.7. The first-order valence-corrected chi connectivity index (χ1v) is 42.6. The lowest BCUT2D eigenvalue weighted by Gasteiger charge is -2.55. The molecule has 6 saturated heterocycles. The number of nitrogens with zero attached hydrogens (tertiary/aromatic N) is 8. The Morgan fingerprint density at radius 2 is 1.06 bits per heavy atom. The Morgan fingerprint density at radius 3 is 1.56 bits per heavy atom.